The molecule has 2 aliphatic rings. The van der Waals surface area contributed by atoms with Crippen molar-refractivity contribution in [3.63, 3.8) is 0 Å². The lowest BCUT2D eigenvalue weighted by Crippen LogP contribution is -2.70. The fraction of sp³-hybridized carbons (Fsp3) is 0.556. The van der Waals surface area contributed by atoms with Crippen molar-refractivity contribution in [2.24, 2.45) is 5.92 Å². The topological polar surface area (TPSA) is 49.4 Å². The number of hydrogen-bond donors (Lipinski definition) is 1. The summed E-state index contributed by atoms with van der Waals surface area (Å²) in [5, 5.41) is 3.04. The number of nitrogens with one attached hydrogen (secondary N) is 1. The average molecular weight is 300 g/mol. The molecule has 1 saturated carbocycles. The zero-order chi connectivity index (χ0) is 15.7. The van der Waals surface area contributed by atoms with Crippen LogP contribution in [0.3, 0.4) is 0 Å². The fourth-order valence-electron chi connectivity index (χ4n) is 3.47. The summed E-state index contributed by atoms with van der Waals surface area (Å²) in [5.74, 6) is 0.443. The van der Waals surface area contributed by atoms with Crippen LogP contribution in [0.15, 0.2) is 30.3 Å². The fourth-order valence-corrected chi connectivity index (χ4v) is 3.47. The van der Waals surface area contributed by atoms with Gasteiger partial charge in [0.15, 0.2) is 0 Å². The van der Waals surface area contributed by atoms with Crippen LogP contribution < -0.4 is 5.32 Å². The van der Waals surface area contributed by atoms with Gasteiger partial charge in [0.1, 0.15) is 11.6 Å². The van der Waals surface area contributed by atoms with Gasteiger partial charge in [-0.25, -0.2) is 0 Å². The van der Waals surface area contributed by atoms with Crippen molar-refractivity contribution in [3.05, 3.63) is 35.9 Å². The van der Waals surface area contributed by atoms with Gasteiger partial charge in [0.05, 0.1) is 0 Å². The lowest BCUT2D eigenvalue weighted by molar-refractivity contribution is -0.157. The van der Waals surface area contributed by atoms with Crippen molar-refractivity contribution >= 4 is 11.8 Å². The number of rotatable bonds is 5. The van der Waals surface area contributed by atoms with Gasteiger partial charge in [0.25, 0.3) is 0 Å². The third-order valence-electron chi connectivity index (χ3n) is 5.11. The van der Waals surface area contributed by atoms with Crippen molar-refractivity contribution in [1.82, 2.24) is 10.2 Å². The first-order chi connectivity index (χ1) is 10.6. The molecule has 118 valence electrons. The van der Waals surface area contributed by atoms with E-state index in [0.717, 1.165) is 18.4 Å². The summed E-state index contributed by atoms with van der Waals surface area (Å²) in [6, 6.07) is 9.66. The van der Waals surface area contributed by atoms with E-state index in [1.165, 1.54) is 0 Å². The van der Waals surface area contributed by atoms with E-state index in [-0.39, 0.29) is 17.9 Å². The third kappa shape index (κ3) is 2.51. The highest BCUT2D eigenvalue weighted by Gasteiger charge is 2.52. The summed E-state index contributed by atoms with van der Waals surface area (Å²) in [7, 11) is 0. The Morgan fingerprint density at radius 2 is 1.77 bits per heavy atom. The molecule has 0 aromatic heterocycles. The molecule has 4 heteroatoms. The van der Waals surface area contributed by atoms with Crippen molar-refractivity contribution in [2.45, 2.75) is 57.7 Å². The van der Waals surface area contributed by atoms with Crippen molar-refractivity contribution in [2.75, 3.05) is 0 Å². The van der Waals surface area contributed by atoms with Crippen LogP contribution in [0, 0.1) is 5.92 Å². The van der Waals surface area contributed by atoms with Crippen LogP contribution in [-0.4, -0.2) is 28.3 Å². The van der Waals surface area contributed by atoms with Gasteiger partial charge >= 0.3 is 0 Å². The molecule has 3 rings (SSSR count). The molecule has 0 spiro atoms. The minimum absolute atomic E-state index is 0.0294. The molecule has 1 aliphatic heterocycles. The van der Waals surface area contributed by atoms with Crippen LogP contribution in [0.1, 0.15) is 45.1 Å². The van der Waals surface area contributed by atoms with E-state index in [0.29, 0.717) is 25.3 Å². The highest BCUT2D eigenvalue weighted by atomic mass is 16.2. The van der Waals surface area contributed by atoms with Gasteiger partial charge in [0.2, 0.25) is 11.8 Å². The van der Waals surface area contributed by atoms with Gasteiger partial charge < -0.3 is 10.2 Å². The van der Waals surface area contributed by atoms with E-state index >= 15 is 0 Å². The van der Waals surface area contributed by atoms with Crippen LogP contribution in [0.5, 0.6) is 0 Å². The molecule has 0 bridgehead atoms. The van der Waals surface area contributed by atoms with Crippen molar-refractivity contribution in [3.8, 4) is 0 Å². The summed E-state index contributed by atoms with van der Waals surface area (Å²) in [6.07, 6.45) is 3.36. The Morgan fingerprint density at radius 1 is 1.14 bits per heavy atom. The molecule has 1 atom stereocenters. The minimum atomic E-state index is -0.725. The van der Waals surface area contributed by atoms with Gasteiger partial charge in [0, 0.05) is 6.54 Å². The molecule has 4 nitrogen and oxygen atoms in total. The molecule has 1 aliphatic carbocycles. The molecule has 1 aromatic carbocycles. The van der Waals surface area contributed by atoms with Crippen LogP contribution in [-0.2, 0) is 16.1 Å². The van der Waals surface area contributed by atoms with Crippen molar-refractivity contribution in [1.29, 1.82) is 0 Å². The first-order valence-corrected chi connectivity index (χ1v) is 8.28. The SMILES string of the molecule is CCC1(CC)NC(=O)C(C2CC2)N(Cc2ccccc2)C1=O. The highest BCUT2D eigenvalue weighted by molar-refractivity contribution is 6.00. The molecule has 1 unspecified atom stereocenters. The zero-order valence-corrected chi connectivity index (χ0v) is 13.3. The Kier molecular flexibility index (Phi) is 3.94. The molecule has 1 heterocycles. The maximum Gasteiger partial charge on any atom is 0.249 e. The maximum atomic E-state index is 13.1. The molecular formula is C18H24N2O2. The lowest BCUT2D eigenvalue weighted by Gasteiger charge is -2.45. The second-order valence-electron chi connectivity index (χ2n) is 6.48. The molecule has 22 heavy (non-hydrogen) atoms. The van der Waals surface area contributed by atoms with E-state index < -0.39 is 5.54 Å². The molecule has 0 radical (unpaired) electrons. The van der Waals surface area contributed by atoms with Crippen LogP contribution in [0.4, 0.5) is 0 Å². The average Bonchev–Trinajstić information content (AvgIpc) is 3.36. The summed E-state index contributed by atoms with van der Waals surface area (Å²) in [6.45, 7) is 4.47. The summed E-state index contributed by atoms with van der Waals surface area (Å²) in [4.78, 5) is 27.6. The van der Waals surface area contributed by atoms with Gasteiger partial charge in [-0.2, -0.15) is 0 Å². The van der Waals surface area contributed by atoms with E-state index in [9.17, 15) is 9.59 Å². The summed E-state index contributed by atoms with van der Waals surface area (Å²) >= 11 is 0. The second-order valence-corrected chi connectivity index (χ2v) is 6.48. The lowest BCUT2D eigenvalue weighted by atomic mass is 9.86. The van der Waals surface area contributed by atoms with Crippen LogP contribution >= 0.6 is 0 Å². The number of benzene rings is 1. The Morgan fingerprint density at radius 3 is 2.32 bits per heavy atom. The molecule has 1 N–H and O–H groups in total. The standard InChI is InChI=1S/C18H24N2O2/c1-3-18(4-2)17(22)20(12-13-8-6-5-7-9-13)15(14-10-11-14)16(21)19-18/h5-9,14-15H,3-4,10-12H2,1-2H3,(H,19,21). The van der Waals surface area contributed by atoms with Gasteiger partial charge in [-0.05, 0) is 37.2 Å². The van der Waals surface area contributed by atoms with Gasteiger partial charge in [-0.3, -0.25) is 9.59 Å². The number of carbonyl (C=O) groups excluding carboxylic acids is 2. The summed E-state index contributed by atoms with van der Waals surface area (Å²) in [5.41, 5.74) is 0.356. The Labute approximate surface area is 131 Å². The number of amides is 2. The van der Waals surface area contributed by atoms with Crippen LogP contribution in [0.25, 0.3) is 0 Å². The number of hydrogen-bond acceptors (Lipinski definition) is 2. The molecule has 2 fully saturated rings. The molecule has 1 aromatic rings. The predicted molar refractivity (Wildman–Crippen MR) is 85.0 cm³/mol. The number of carbonyl (C=O) groups is 2. The largest absolute Gasteiger partial charge is 0.340 e. The first-order valence-electron chi connectivity index (χ1n) is 8.28. The Balaban J connectivity index is 1.93. The molecule has 2 amide bonds. The van der Waals surface area contributed by atoms with E-state index in [2.05, 4.69) is 5.32 Å². The second kappa shape index (κ2) is 5.75. The monoisotopic (exact) mass is 300 g/mol. The number of nitrogens with zero attached hydrogens (tertiary/aromatic N) is 1. The Hall–Kier alpha value is -1.84. The summed E-state index contributed by atoms with van der Waals surface area (Å²) < 4.78 is 0. The van der Waals surface area contributed by atoms with Crippen molar-refractivity contribution < 1.29 is 9.59 Å². The smallest absolute Gasteiger partial charge is 0.249 e. The Bertz CT molecular complexity index is 562. The third-order valence-corrected chi connectivity index (χ3v) is 5.11. The predicted octanol–water partition coefficient (Wildman–Crippen LogP) is 2.48. The van der Waals surface area contributed by atoms with E-state index in [1.54, 1.807) is 0 Å². The van der Waals surface area contributed by atoms with E-state index in [4.69, 9.17) is 0 Å². The van der Waals surface area contributed by atoms with E-state index in [1.807, 2.05) is 49.1 Å². The molecule has 1 saturated heterocycles. The zero-order valence-electron chi connectivity index (χ0n) is 13.3. The van der Waals surface area contributed by atoms with Gasteiger partial charge in [-0.15, -0.1) is 0 Å². The van der Waals surface area contributed by atoms with Crippen LogP contribution in [0.2, 0.25) is 0 Å². The maximum absolute atomic E-state index is 13.1. The minimum Gasteiger partial charge on any atom is -0.340 e. The first kappa shape index (κ1) is 15.1. The van der Waals surface area contributed by atoms with Gasteiger partial charge in [-0.1, -0.05) is 44.2 Å². The number of piperazine rings is 1. The normalized spacial score (nSPS) is 24.3. The highest BCUT2D eigenvalue weighted by Crippen LogP contribution is 2.39. The quantitative estimate of drug-likeness (QED) is 0.908. The molecular weight excluding hydrogens is 276 g/mol.